The molecule has 0 spiro atoms. The molecule has 0 saturated carbocycles. The number of hydrogen-bond donors (Lipinski definition) is 1. The summed E-state index contributed by atoms with van der Waals surface area (Å²) in [6, 6.07) is 10.0. The SMILES string of the molecule is Cc1ccc(-n2ncc(C(=O)Nc3ccc(OC(F)(F)F)cc3)c2C(F)(F)F)cc1. The predicted octanol–water partition coefficient (Wildman–Crippen LogP) is 5.35. The Kier molecular flexibility index (Phi) is 5.47. The largest absolute Gasteiger partial charge is 0.573 e. The van der Waals surface area contributed by atoms with Crippen LogP contribution < -0.4 is 10.1 Å². The standard InChI is InChI=1S/C19H13F6N3O2/c1-11-2-6-13(7-3-11)28-16(18(20,21)22)15(10-26-28)17(29)27-12-4-8-14(9-5-12)30-19(23,24)25/h2-10H,1H3,(H,27,29). The van der Waals surface area contributed by atoms with Crippen molar-refractivity contribution in [2.24, 2.45) is 0 Å². The fraction of sp³-hybridized carbons (Fsp3) is 0.158. The Morgan fingerprint density at radius 2 is 1.57 bits per heavy atom. The number of carbonyl (C=O) groups excluding carboxylic acids is 1. The molecule has 1 N–H and O–H groups in total. The van der Waals surface area contributed by atoms with Gasteiger partial charge >= 0.3 is 12.5 Å². The van der Waals surface area contributed by atoms with E-state index in [1.807, 2.05) is 0 Å². The second kappa shape index (κ2) is 7.73. The van der Waals surface area contributed by atoms with Gasteiger partial charge in [-0.15, -0.1) is 13.2 Å². The molecule has 0 aliphatic heterocycles. The van der Waals surface area contributed by atoms with Crippen LogP contribution in [0.2, 0.25) is 0 Å². The van der Waals surface area contributed by atoms with Crippen LogP contribution >= 0.6 is 0 Å². The predicted molar refractivity (Wildman–Crippen MR) is 94.4 cm³/mol. The van der Waals surface area contributed by atoms with Crippen molar-refractivity contribution in [2.75, 3.05) is 5.32 Å². The van der Waals surface area contributed by atoms with Gasteiger partial charge < -0.3 is 10.1 Å². The van der Waals surface area contributed by atoms with Crippen LogP contribution in [0, 0.1) is 6.92 Å². The van der Waals surface area contributed by atoms with Crippen LogP contribution in [-0.2, 0) is 6.18 Å². The third-order valence-corrected chi connectivity index (χ3v) is 3.91. The molecule has 1 aromatic heterocycles. The van der Waals surface area contributed by atoms with Crippen molar-refractivity contribution >= 4 is 11.6 Å². The Bertz CT molecular complexity index is 1040. The highest BCUT2D eigenvalue weighted by Crippen LogP contribution is 2.34. The van der Waals surface area contributed by atoms with Crippen LogP contribution in [0.1, 0.15) is 21.6 Å². The highest BCUT2D eigenvalue weighted by Gasteiger charge is 2.40. The third-order valence-electron chi connectivity index (χ3n) is 3.91. The number of halogens is 6. The lowest BCUT2D eigenvalue weighted by Crippen LogP contribution is -2.20. The number of benzene rings is 2. The summed E-state index contributed by atoms with van der Waals surface area (Å²) < 4.78 is 81.8. The molecule has 0 fully saturated rings. The zero-order chi connectivity index (χ0) is 22.1. The summed E-state index contributed by atoms with van der Waals surface area (Å²) in [5, 5.41) is 5.90. The first-order valence-corrected chi connectivity index (χ1v) is 8.33. The van der Waals surface area contributed by atoms with Crippen molar-refractivity contribution in [3.8, 4) is 11.4 Å². The molecule has 0 radical (unpaired) electrons. The summed E-state index contributed by atoms with van der Waals surface area (Å²) in [5.74, 6) is -1.66. The molecule has 11 heteroatoms. The van der Waals surface area contributed by atoms with Gasteiger partial charge in [0.05, 0.1) is 17.4 Å². The molecule has 158 valence electrons. The van der Waals surface area contributed by atoms with E-state index in [4.69, 9.17) is 0 Å². The Morgan fingerprint density at radius 1 is 0.967 bits per heavy atom. The molecule has 0 aliphatic carbocycles. The van der Waals surface area contributed by atoms with Crippen LogP contribution in [0.5, 0.6) is 5.75 Å². The van der Waals surface area contributed by atoms with E-state index >= 15 is 0 Å². The lowest BCUT2D eigenvalue weighted by atomic mass is 10.2. The number of aromatic nitrogens is 2. The molecule has 2 aromatic carbocycles. The molecule has 3 aromatic rings. The van der Waals surface area contributed by atoms with E-state index in [1.54, 1.807) is 19.1 Å². The molecule has 0 unspecified atom stereocenters. The normalized spacial score (nSPS) is 12.0. The Hall–Kier alpha value is -3.50. The second-order valence-electron chi connectivity index (χ2n) is 6.18. The van der Waals surface area contributed by atoms with Gasteiger partial charge in [-0.05, 0) is 43.3 Å². The number of aryl methyl sites for hydroxylation is 1. The molecule has 30 heavy (non-hydrogen) atoms. The van der Waals surface area contributed by atoms with E-state index in [9.17, 15) is 31.1 Å². The van der Waals surface area contributed by atoms with Crippen molar-refractivity contribution in [3.63, 3.8) is 0 Å². The van der Waals surface area contributed by atoms with Gasteiger partial charge in [0.25, 0.3) is 5.91 Å². The number of nitrogens with one attached hydrogen (secondary N) is 1. The first-order chi connectivity index (χ1) is 13.9. The highest BCUT2D eigenvalue weighted by molar-refractivity contribution is 6.05. The van der Waals surface area contributed by atoms with E-state index in [0.717, 1.165) is 36.0 Å². The summed E-state index contributed by atoms with van der Waals surface area (Å²) in [6.07, 6.45) is -9.01. The van der Waals surface area contributed by atoms with Crippen LogP contribution in [-0.4, -0.2) is 22.1 Å². The number of hydrogen-bond acceptors (Lipinski definition) is 3. The summed E-state index contributed by atoms with van der Waals surface area (Å²) in [6.45, 7) is 1.77. The average molecular weight is 429 g/mol. The Morgan fingerprint density at radius 3 is 2.10 bits per heavy atom. The monoisotopic (exact) mass is 429 g/mol. The van der Waals surface area contributed by atoms with Gasteiger partial charge in [-0.25, -0.2) is 4.68 Å². The maximum atomic E-state index is 13.7. The van der Waals surface area contributed by atoms with E-state index in [-0.39, 0.29) is 11.4 Å². The maximum Gasteiger partial charge on any atom is 0.573 e. The number of alkyl halides is 6. The first-order valence-electron chi connectivity index (χ1n) is 8.33. The number of rotatable bonds is 4. The van der Waals surface area contributed by atoms with Crippen LogP contribution in [0.15, 0.2) is 54.7 Å². The van der Waals surface area contributed by atoms with Crippen LogP contribution in [0.3, 0.4) is 0 Å². The molecule has 0 saturated heterocycles. The lowest BCUT2D eigenvalue weighted by Gasteiger charge is -2.13. The minimum Gasteiger partial charge on any atom is -0.406 e. The van der Waals surface area contributed by atoms with Gasteiger partial charge in [-0.3, -0.25) is 4.79 Å². The quantitative estimate of drug-likeness (QED) is 0.569. The number of nitrogens with zero attached hydrogens (tertiary/aromatic N) is 2. The zero-order valence-electron chi connectivity index (χ0n) is 15.2. The van der Waals surface area contributed by atoms with Crippen molar-refractivity contribution in [1.82, 2.24) is 9.78 Å². The van der Waals surface area contributed by atoms with E-state index in [2.05, 4.69) is 15.2 Å². The minimum absolute atomic E-state index is 0.0225. The number of ether oxygens (including phenoxy) is 1. The van der Waals surface area contributed by atoms with Crippen LogP contribution in [0.4, 0.5) is 32.0 Å². The lowest BCUT2D eigenvalue weighted by molar-refractivity contribution is -0.274. The third kappa shape index (κ3) is 4.91. The number of anilines is 1. The zero-order valence-corrected chi connectivity index (χ0v) is 15.2. The van der Waals surface area contributed by atoms with Crippen molar-refractivity contribution in [1.29, 1.82) is 0 Å². The van der Waals surface area contributed by atoms with Gasteiger partial charge in [-0.2, -0.15) is 18.3 Å². The van der Waals surface area contributed by atoms with Gasteiger partial charge in [0.1, 0.15) is 5.75 Å². The van der Waals surface area contributed by atoms with Gasteiger partial charge in [0.15, 0.2) is 5.69 Å². The molecule has 1 amide bonds. The topological polar surface area (TPSA) is 56.2 Å². The van der Waals surface area contributed by atoms with Gasteiger partial charge in [-0.1, -0.05) is 17.7 Å². The summed E-state index contributed by atoms with van der Waals surface area (Å²) in [7, 11) is 0. The Balaban J connectivity index is 1.88. The Labute approximate surface area is 165 Å². The minimum atomic E-state index is -4.89. The fourth-order valence-corrected chi connectivity index (χ4v) is 2.61. The molecule has 0 aliphatic rings. The number of amides is 1. The summed E-state index contributed by atoms with van der Waals surface area (Å²) in [4.78, 5) is 12.4. The first kappa shape index (κ1) is 21.2. The van der Waals surface area contributed by atoms with Gasteiger partial charge in [0.2, 0.25) is 0 Å². The maximum absolute atomic E-state index is 13.7. The number of carbonyl (C=O) groups is 1. The molecule has 0 bridgehead atoms. The second-order valence-corrected chi connectivity index (χ2v) is 6.18. The molecular formula is C19H13F6N3O2. The molecule has 5 nitrogen and oxygen atoms in total. The van der Waals surface area contributed by atoms with E-state index in [1.165, 1.54) is 12.1 Å². The van der Waals surface area contributed by atoms with Gasteiger partial charge in [0, 0.05) is 5.69 Å². The van der Waals surface area contributed by atoms with Crippen molar-refractivity contribution in [3.05, 3.63) is 71.5 Å². The highest BCUT2D eigenvalue weighted by atomic mass is 19.4. The molecule has 3 rings (SSSR count). The van der Waals surface area contributed by atoms with E-state index in [0.29, 0.717) is 4.68 Å². The molecule has 1 heterocycles. The molecular weight excluding hydrogens is 416 g/mol. The fourth-order valence-electron chi connectivity index (χ4n) is 2.61. The smallest absolute Gasteiger partial charge is 0.406 e. The molecule has 0 atom stereocenters. The van der Waals surface area contributed by atoms with Crippen molar-refractivity contribution in [2.45, 2.75) is 19.5 Å². The summed E-state index contributed by atoms with van der Waals surface area (Å²) >= 11 is 0. The van der Waals surface area contributed by atoms with Crippen LogP contribution in [0.25, 0.3) is 5.69 Å². The van der Waals surface area contributed by atoms with E-state index < -0.39 is 35.5 Å². The average Bonchev–Trinajstić information content (AvgIpc) is 3.08. The van der Waals surface area contributed by atoms with Crippen molar-refractivity contribution < 1.29 is 35.9 Å². The summed E-state index contributed by atoms with van der Waals surface area (Å²) in [5.41, 5.74) is -1.10.